The number of amides is 1. The van der Waals surface area contributed by atoms with Crippen molar-refractivity contribution < 1.29 is 14.1 Å². The topological polar surface area (TPSA) is 109 Å². The predicted molar refractivity (Wildman–Crippen MR) is 70.0 cm³/mol. The lowest BCUT2D eigenvalue weighted by atomic mass is 10.1. The molecule has 0 aliphatic heterocycles. The number of nitrogens with zero attached hydrogens (tertiary/aromatic N) is 3. The Morgan fingerprint density at radius 3 is 2.76 bits per heavy atom. The quantitative estimate of drug-likeness (QED) is 0.528. The molecule has 1 amide bonds. The van der Waals surface area contributed by atoms with Gasteiger partial charge >= 0.3 is 0 Å². The molecular formula is C13H7FN4O3. The zero-order valence-corrected chi connectivity index (χ0v) is 10.4. The Balaban J connectivity index is 2.29. The van der Waals surface area contributed by atoms with E-state index in [1.54, 1.807) is 6.07 Å². The summed E-state index contributed by atoms with van der Waals surface area (Å²) in [6.07, 6.45) is 1.13. The number of non-ortho nitro benzene ring substituents is 1. The lowest BCUT2D eigenvalue weighted by molar-refractivity contribution is -0.384. The molecule has 1 aromatic heterocycles. The summed E-state index contributed by atoms with van der Waals surface area (Å²) in [6.45, 7) is 0. The minimum absolute atomic E-state index is 0.0183. The molecule has 0 radical (unpaired) electrons. The fraction of sp³-hybridized carbons (Fsp3) is 0. The Morgan fingerprint density at radius 1 is 1.38 bits per heavy atom. The van der Waals surface area contributed by atoms with Crippen molar-refractivity contribution in [3.05, 3.63) is 63.7 Å². The molecule has 1 heterocycles. The summed E-state index contributed by atoms with van der Waals surface area (Å²) in [5.41, 5.74) is -0.207. The van der Waals surface area contributed by atoms with Crippen LogP contribution in [-0.4, -0.2) is 15.8 Å². The van der Waals surface area contributed by atoms with E-state index >= 15 is 0 Å². The van der Waals surface area contributed by atoms with Gasteiger partial charge in [-0.05, 0) is 12.1 Å². The zero-order chi connectivity index (χ0) is 15.4. The van der Waals surface area contributed by atoms with Gasteiger partial charge in [-0.15, -0.1) is 0 Å². The number of aromatic nitrogens is 1. The molecule has 0 fully saturated rings. The van der Waals surface area contributed by atoms with Crippen molar-refractivity contribution >= 4 is 17.3 Å². The number of hydrogen-bond acceptors (Lipinski definition) is 5. The van der Waals surface area contributed by atoms with Gasteiger partial charge in [-0.25, -0.2) is 4.98 Å². The molecule has 21 heavy (non-hydrogen) atoms. The van der Waals surface area contributed by atoms with Gasteiger partial charge in [-0.3, -0.25) is 14.9 Å². The molecule has 8 heteroatoms. The molecule has 7 nitrogen and oxygen atoms in total. The molecule has 0 saturated heterocycles. The molecule has 0 atom stereocenters. The number of nitriles is 1. The number of pyridine rings is 1. The van der Waals surface area contributed by atoms with E-state index in [0.29, 0.717) is 0 Å². The van der Waals surface area contributed by atoms with Crippen LogP contribution in [0.5, 0.6) is 0 Å². The van der Waals surface area contributed by atoms with Crippen LogP contribution >= 0.6 is 0 Å². The van der Waals surface area contributed by atoms with Gasteiger partial charge in [0.25, 0.3) is 11.6 Å². The van der Waals surface area contributed by atoms with Gasteiger partial charge in [0.1, 0.15) is 6.07 Å². The molecule has 0 saturated carbocycles. The number of hydrogen-bond donors (Lipinski definition) is 1. The van der Waals surface area contributed by atoms with E-state index in [9.17, 15) is 19.3 Å². The molecule has 2 rings (SSSR count). The van der Waals surface area contributed by atoms with E-state index in [1.807, 2.05) is 0 Å². The van der Waals surface area contributed by atoms with Crippen molar-refractivity contribution in [2.24, 2.45) is 0 Å². The predicted octanol–water partition coefficient (Wildman–Crippen LogP) is 2.25. The van der Waals surface area contributed by atoms with Crippen LogP contribution < -0.4 is 5.32 Å². The minimum atomic E-state index is -0.813. The Labute approximate surface area is 117 Å². The number of nitro benzene ring substituents is 1. The van der Waals surface area contributed by atoms with Crippen LogP contribution in [0.15, 0.2) is 36.5 Å². The normalized spacial score (nSPS) is 9.71. The van der Waals surface area contributed by atoms with Crippen LogP contribution in [0.3, 0.4) is 0 Å². The zero-order valence-electron chi connectivity index (χ0n) is 10.4. The maximum absolute atomic E-state index is 12.9. The third-order valence-electron chi connectivity index (χ3n) is 2.57. The Kier molecular flexibility index (Phi) is 3.85. The smallest absolute Gasteiger partial charge is 0.270 e. The number of benzene rings is 1. The highest BCUT2D eigenvalue weighted by atomic mass is 19.1. The third kappa shape index (κ3) is 3.16. The monoisotopic (exact) mass is 286 g/mol. The van der Waals surface area contributed by atoms with E-state index in [-0.39, 0.29) is 22.5 Å². The van der Waals surface area contributed by atoms with E-state index in [0.717, 1.165) is 24.4 Å². The summed E-state index contributed by atoms with van der Waals surface area (Å²) in [6, 6.07) is 7.44. The van der Waals surface area contributed by atoms with E-state index < -0.39 is 16.8 Å². The fourth-order valence-corrected chi connectivity index (χ4v) is 1.59. The summed E-state index contributed by atoms with van der Waals surface area (Å²) in [4.78, 5) is 25.2. The molecule has 1 N–H and O–H groups in total. The van der Waals surface area contributed by atoms with Crippen molar-refractivity contribution in [2.75, 3.05) is 5.32 Å². The number of nitro groups is 1. The largest absolute Gasteiger partial charge is 0.321 e. The molecule has 0 spiro atoms. The van der Waals surface area contributed by atoms with Gasteiger partial charge in [0, 0.05) is 30.0 Å². The van der Waals surface area contributed by atoms with Crippen molar-refractivity contribution in [1.82, 2.24) is 4.98 Å². The van der Waals surface area contributed by atoms with Crippen LogP contribution in [-0.2, 0) is 0 Å². The van der Waals surface area contributed by atoms with Crippen molar-refractivity contribution in [3.63, 3.8) is 0 Å². The highest BCUT2D eigenvalue weighted by molar-refractivity contribution is 6.04. The summed E-state index contributed by atoms with van der Waals surface area (Å²) in [7, 11) is 0. The molecule has 0 aliphatic rings. The van der Waals surface area contributed by atoms with Crippen LogP contribution in [0.1, 0.15) is 15.9 Å². The second-order valence-corrected chi connectivity index (χ2v) is 3.92. The second kappa shape index (κ2) is 5.75. The number of halogens is 1. The van der Waals surface area contributed by atoms with Crippen LogP contribution in [0, 0.1) is 27.4 Å². The van der Waals surface area contributed by atoms with Gasteiger partial charge in [0.15, 0.2) is 0 Å². The average Bonchev–Trinajstić information content (AvgIpc) is 2.47. The Bertz CT molecular complexity index is 770. The van der Waals surface area contributed by atoms with E-state index in [2.05, 4.69) is 10.3 Å². The molecule has 0 bridgehead atoms. The van der Waals surface area contributed by atoms with E-state index in [1.165, 1.54) is 12.1 Å². The third-order valence-corrected chi connectivity index (χ3v) is 2.57. The Hall–Kier alpha value is -3.34. The lowest BCUT2D eigenvalue weighted by Crippen LogP contribution is -2.13. The number of carbonyl (C=O) groups excluding carboxylic acids is 1. The maximum atomic E-state index is 12.9. The molecule has 0 aliphatic carbocycles. The molecule has 104 valence electrons. The summed E-state index contributed by atoms with van der Waals surface area (Å²) in [5, 5.41) is 22.0. The molecule has 2 aromatic rings. The first-order valence-electron chi connectivity index (χ1n) is 5.62. The fourth-order valence-electron chi connectivity index (χ4n) is 1.59. The summed E-state index contributed by atoms with van der Waals surface area (Å²) >= 11 is 0. The maximum Gasteiger partial charge on any atom is 0.270 e. The van der Waals surface area contributed by atoms with Gasteiger partial charge in [0.2, 0.25) is 5.95 Å². The van der Waals surface area contributed by atoms with E-state index in [4.69, 9.17) is 5.26 Å². The Morgan fingerprint density at radius 2 is 2.14 bits per heavy atom. The number of rotatable bonds is 3. The van der Waals surface area contributed by atoms with Crippen LogP contribution in [0.2, 0.25) is 0 Å². The first kappa shape index (κ1) is 14.1. The molecular weight excluding hydrogens is 279 g/mol. The first-order valence-corrected chi connectivity index (χ1v) is 5.62. The second-order valence-electron chi connectivity index (χ2n) is 3.92. The van der Waals surface area contributed by atoms with Crippen LogP contribution in [0.4, 0.5) is 15.8 Å². The lowest BCUT2D eigenvalue weighted by Gasteiger charge is -2.06. The summed E-state index contributed by atoms with van der Waals surface area (Å²) in [5.74, 6) is -1.46. The highest BCUT2D eigenvalue weighted by Crippen LogP contribution is 2.22. The van der Waals surface area contributed by atoms with Gasteiger partial charge < -0.3 is 5.32 Å². The molecule has 0 unspecified atom stereocenters. The molecule has 1 aromatic carbocycles. The van der Waals surface area contributed by atoms with Crippen molar-refractivity contribution in [3.8, 4) is 6.07 Å². The summed E-state index contributed by atoms with van der Waals surface area (Å²) < 4.78 is 12.9. The first-order chi connectivity index (χ1) is 10.0. The van der Waals surface area contributed by atoms with Crippen molar-refractivity contribution in [1.29, 1.82) is 5.26 Å². The van der Waals surface area contributed by atoms with Gasteiger partial charge in [-0.1, -0.05) is 0 Å². The van der Waals surface area contributed by atoms with Gasteiger partial charge in [-0.2, -0.15) is 9.65 Å². The minimum Gasteiger partial charge on any atom is -0.321 e. The number of anilines is 1. The number of carbonyl (C=O) groups is 1. The number of nitrogens with one attached hydrogen (secondary N) is 1. The SMILES string of the molecule is N#Cc1cc([N+](=O)[O-])ccc1NC(=O)c1ccnc(F)c1. The van der Waals surface area contributed by atoms with Gasteiger partial charge in [0.05, 0.1) is 16.2 Å². The standard InChI is InChI=1S/C13H7FN4O3/c14-12-6-8(3-4-16-12)13(19)17-11-2-1-10(18(20)21)5-9(11)7-15/h1-6H,(H,17,19). The highest BCUT2D eigenvalue weighted by Gasteiger charge is 2.14. The average molecular weight is 286 g/mol. The van der Waals surface area contributed by atoms with Crippen molar-refractivity contribution in [2.45, 2.75) is 0 Å². The van der Waals surface area contributed by atoms with Crippen LogP contribution in [0.25, 0.3) is 0 Å².